The molecule has 5 heteroatoms. The van der Waals surface area contributed by atoms with Gasteiger partial charge in [0, 0.05) is 11.8 Å². The van der Waals surface area contributed by atoms with E-state index in [1.807, 2.05) is 0 Å². The molecule has 2 aromatic rings. The average Bonchev–Trinajstić information content (AvgIpc) is 2.36. The molecule has 0 aliphatic carbocycles. The van der Waals surface area contributed by atoms with E-state index >= 15 is 0 Å². The Balaban J connectivity index is 2.25. The van der Waals surface area contributed by atoms with Gasteiger partial charge in [-0.3, -0.25) is 0 Å². The second kappa shape index (κ2) is 5.14. The summed E-state index contributed by atoms with van der Waals surface area (Å²) < 4.78 is 18.3. The van der Waals surface area contributed by atoms with Gasteiger partial charge in [0.15, 0.2) is 0 Å². The topological polar surface area (TPSA) is 47.3 Å². The van der Waals surface area contributed by atoms with Gasteiger partial charge in [-0.2, -0.15) is 0 Å². The zero-order chi connectivity index (χ0) is 13.1. The number of hydrogen-bond donors (Lipinski definition) is 2. The Morgan fingerprint density at radius 3 is 2.61 bits per heavy atom. The molecule has 94 valence electrons. The van der Waals surface area contributed by atoms with Crippen LogP contribution in [-0.2, 0) is 0 Å². The van der Waals surface area contributed by atoms with Crippen molar-refractivity contribution in [1.29, 1.82) is 0 Å². The van der Waals surface area contributed by atoms with Gasteiger partial charge in [-0.1, -0.05) is 11.6 Å². The first-order valence-corrected chi connectivity index (χ1v) is 5.63. The van der Waals surface area contributed by atoms with Crippen molar-refractivity contribution in [1.82, 2.24) is 0 Å². The van der Waals surface area contributed by atoms with Gasteiger partial charge in [-0.15, -0.1) is 0 Å². The third-order valence-corrected chi connectivity index (χ3v) is 2.76. The number of methoxy groups -OCH3 is 1. The molecule has 18 heavy (non-hydrogen) atoms. The van der Waals surface area contributed by atoms with Crippen LogP contribution in [0.4, 0.5) is 21.5 Å². The summed E-state index contributed by atoms with van der Waals surface area (Å²) in [5.74, 6) is 0.189. The van der Waals surface area contributed by atoms with E-state index in [4.69, 9.17) is 22.1 Å². The van der Waals surface area contributed by atoms with Crippen molar-refractivity contribution in [2.24, 2.45) is 0 Å². The second-order valence-electron chi connectivity index (χ2n) is 3.71. The summed E-state index contributed by atoms with van der Waals surface area (Å²) >= 11 is 5.61. The maximum absolute atomic E-state index is 13.3. The number of nitrogens with one attached hydrogen (secondary N) is 1. The van der Waals surface area contributed by atoms with Crippen molar-refractivity contribution in [2.45, 2.75) is 0 Å². The standard InChI is InChI=1S/C13H12ClFN2O/c1-18-9-3-5-13(12(16)7-9)17-8-2-4-10(14)11(15)6-8/h2-7,17H,16H2,1H3. The molecule has 0 saturated carbocycles. The zero-order valence-corrected chi connectivity index (χ0v) is 10.5. The Morgan fingerprint density at radius 1 is 1.22 bits per heavy atom. The van der Waals surface area contributed by atoms with Crippen LogP contribution in [0.25, 0.3) is 0 Å². The minimum Gasteiger partial charge on any atom is -0.497 e. The van der Waals surface area contributed by atoms with Crippen LogP contribution in [0.5, 0.6) is 5.75 Å². The number of anilines is 3. The van der Waals surface area contributed by atoms with Gasteiger partial charge in [0.1, 0.15) is 11.6 Å². The largest absolute Gasteiger partial charge is 0.497 e. The highest BCUT2D eigenvalue weighted by Crippen LogP contribution is 2.28. The Bertz CT molecular complexity index is 575. The van der Waals surface area contributed by atoms with Crippen molar-refractivity contribution < 1.29 is 9.13 Å². The number of nitrogen functional groups attached to an aromatic ring is 1. The molecule has 3 nitrogen and oxygen atoms in total. The molecule has 0 heterocycles. The summed E-state index contributed by atoms with van der Waals surface area (Å²) in [5, 5.41) is 3.10. The highest BCUT2D eigenvalue weighted by atomic mass is 35.5. The van der Waals surface area contributed by atoms with Gasteiger partial charge in [-0.05, 0) is 30.3 Å². The molecule has 0 fully saturated rings. The molecule has 0 amide bonds. The molecule has 0 spiro atoms. The Hall–Kier alpha value is -1.94. The Kier molecular flexibility index (Phi) is 3.58. The number of nitrogens with two attached hydrogens (primary N) is 1. The summed E-state index contributed by atoms with van der Waals surface area (Å²) in [7, 11) is 1.57. The predicted molar refractivity (Wildman–Crippen MR) is 72.1 cm³/mol. The van der Waals surface area contributed by atoms with Crippen LogP contribution in [-0.4, -0.2) is 7.11 Å². The van der Waals surface area contributed by atoms with Gasteiger partial charge in [-0.25, -0.2) is 4.39 Å². The highest BCUT2D eigenvalue weighted by Gasteiger charge is 2.04. The van der Waals surface area contributed by atoms with Gasteiger partial charge in [0.05, 0.1) is 23.5 Å². The molecule has 3 N–H and O–H groups in total. The number of ether oxygens (including phenoxy) is 1. The Morgan fingerprint density at radius 2 is 2.00 bits per heavy atom. The first-order valence-electron chi connectivity index (χ1n) is 5.26. The van der Waals surface area contributed by atoms with Crippen LogP contribution < -0.4 is 15.8 Å². The molecule has 0 bridgehead atoms. The van der Waals surface area contributed by atoms with Crippen molar-refractivity contribution in [3.8, 4) is 5.75 Å². The van der Waals surface area contributed by atoms with E-state index in [2.05, 4.69) is 5.32 Å². The van der Waals surface area contributed by atoms with E-state index in [1.165, 1.54) is 12.1 Å². The fourth-order valence-electron chi connectivity index (χ4n) is 1.51. The lowest BCUT2D eigenvalue weighted by Crippen LogP contribution is -1.97. The van der Waals surface area contributed by atoms with E-state index in [9.17, 15) is 4.39 Å². The van der Waals surface area contributed by atoms with Crippen LogP contribution in [0, 0.1) is 5.82 Å². The molecule has 0 aliphatic heterocycles. The summed E-state index contributed by atoms with van der Waals surface area (Å²) in [6.07, 6.45) is 0. The van der Waals surface area contributed by atoms with Gasteiger partial charge >= 0.3 is 0 Å². The van der Waals surface area contributed by atoms with Crippen LogP contribution in [0.2, 0.25) is 5.02 Å². The fourth-order valence-corrected chi connectivity index (χ4v) is 1.63. The lowest BCUT2D eigenvalue weighted by Gasteiger charge is -2.11. The van der Waals surface area contributed by atoms with Gasteiger partial charge < -0.3 is 15.8 Å². The lowest BCUT2D eigenvalue weighted by molar-refractivity contribution is 0.415. The molecular formula is C13H12ClFN2O. The normalized spacial score (nSPS) is 10.2. The highest BCUT2D eigenvalue weighted by molar-refractivity contribution is 6.30. The summed E-state index contributed by atoms with van der Waals surface area (Å²) in [6, 6.07) is 9.69. The Labute approximate surface area is 109 Å². The van der Waals surface area contributed by atoms with E-state index in [-0.39, 0.29) is 5.02 Å². The number of hydrogen-bond acceptors (Lipinski definition) is 3. The minimum atomic E-state index is -0.478. The summed E-state index contributed by atoms with van der Waals surface area (Å²) in [4.78, 5) is 0. The lowest BCUT2D eigenvalue weighted by atomic mass is 10.2. The first kappa shape index (κ1) is 12.5. The SMILES string of the molecule is COc1ccc(Nc2ccc(Cl)c(F)c2)c(N)c1. The maximum atomic E-state index is 13.3. The van der Waals surface area contributed by atoms with E-state index in [0.29, 0.717) is 22.8 Å². The van der Waals surface area contributed by atoms with E-state index < -0.39 is 5.82 Å². The van der Waals surface area contributed by atoms with Gasteiger partial charge in [0.25, 0.3) is 0 Å². The molecule has 2 aromatic carbocycles. The fraction of sp³-hybridized carbons (Fsp3) is 0.0769. The van der Waals surface area contributed by atoms with Crippen molar-refractivity contribution in [2.75, 3.05) is 18.2 Å². The molecule has 0 atom stereocenters. The van der Waals surface area contributed by atoms with E-state index in [0.717, 1.165) is 0 Å². The number of rotatable bonds is 3. The van der Waals surface area contributed by atoms with Crippen molar-refractivity contribution >= 4 is 28.7 Å². The van der Waals surface area contributed by atoms with E-state index in [1.54, 1.807) is 31.4 Å². The quantitative estimate of drug-likeness (QED) is 0.831. The zero-order valence-electron chi connectivity index (χ0n) is 9.71. The van der Waals surface area contributed by atoms with Crippen molar-refractivity contribution in [3.05, 3.63) is 47.2 Å². The third-order valence-electron chi connectivity index (χ3n) is 2.46. The van der Waals surface area contributed by atoms with Crippen molar-refractivity contribution in [3.63, 3.8) is 0 Å². The number of benzene rings is 2. The third kappa shape index (κ3) is 2.65. The summed E-state index contributed by atoms with van der Waals surface area (Å²) in [5.41, 5.74) is 7.62. The molecule has 0 radical (unpaired) electrons. The molecule has 0 aliphatic rings. The molecule has 0 aromatic heterocycles. The molecule has 2 rings (SSSR count). The maximum Gasteiger partial charge on any atom is 0.143 e. The van der Waals surface area contributed by atoms with Crippen LogP contribution in [0.3, 0.4) is 0 Å². The minimum absolute atomic E-state index is 0.0863. The van der Waals surface area contributed by atoms with Crippen LogP contribution in [0.1, 0.15) is 0 Å². The van der Waals surface area contributed by atoms with Crippen LogP contribution in [0.15, 0.2) is 36.4 Å². The van der Waals surface area contributed by atoms with Gasteiger partial charge in [0.2, 0.25) is 0 Å². The summed E-state index contributed by atoms with van der Waals surface area (Å²) in [6.45, 7) is 0. The predicted octanol–water partition coefficient (Wildman–Crippen LogP) is 3.81. The monoisotopic (exact) mass is 266 g/mol. The van der Waals surface area contributed by atoms with Crippen LogP contribution >= 0.6 is 11.6 Å². The molecule has 0 saturated heterocycles. The average molecular weight is 267 g/mol. The smallest absolute Gasteiger partial charge is 0.143 e. The molecular weight excluding hydrogens is 255 g/mol. The molecule has 0 unspecified atom stereocenters. The first-order chi connectivity index (χ1) is 8.60. The second-order valence-corrected chi connectivity index (χ2v) is 4.11. The number of halogens is 2.